The van der Waals surface area contributed by atoms with Crippen LogP contribution in [-0.2, 0) is 37.9 Å². The summed E-state index contributed by atoms with van der Waals surface area (Å²) in [6, 6.07) is 39.7. The van der Waals surface area contributed by atoms with E-state index in [-0.39, 0.29) is 44.6 Å². The second-order valence-corrected chi connectivity index (χ2v) is 26.5. The predicted molar refractivity (Wildman–Crippen MR) is 286 cm³/mol. The third-order valence-corrected chi connectivity index (χ3v) is 17.5. The summed E-state index contributed by atoms with van der Waals surface area (Å²) in [4.78, 5) is 5.48. The Bertz CT molecular complexity index is 3080. The van der Waals surface area contributed by atoms with Crippen LogP contribution < -0.4 is 26.2 Å². The lowest BCUT2D eigenvalue weighted by Crippen LogP contribution is -2.62. The lowest BCUT2D eigenvalue weighted by Gasteiger charge is -2.48. The van der Waals surface area contributed by atoms with Crippen LogP contribution in [0.5, 0.6) is 0 Å². The van der Waals surface area contributed by atoms with E-state index in [0.29, 0.717) is 0 Å². The van der Waals surface area contributed by atoms with Crippen molar-refractivity contribution in [3.63, 3.8) is 0 Å². The molecular weight excluding hydrogens is 796 g/mol. The van der Waals surface area contributed by atoms with Crippen LogP contribution in [0.2, 0.25) is 0 Å². The van der Waals surface area contributed by atoms with Gasteiger partial charge in [0.25, 0.3) is 6.71 Å². The molecule has 0 unspecified atom stereocenters. The third-order valence-electron chi connectivity index (χ3n) is 17.5. The maximum atomic E-state index is 2.76. The van der Waals surface area contributed by atoms with E-state index >= 15 is 0 Å². The van der Waals surface area contributed by atoms with Gasteiger partial charge in [0, 0.05) is 39.4 Å². The van der Waals surface area contributed by atoms with Gasteiger partial charge in [-0.25, -0.2) is 0 Å². The quantitative estimate of drug-likeness (QED) is 0.160. The number of fused-ring (bicyclic) bond motifs is 9. The minimum Gasteiger partial charge on any atom is -0.311 e. The maximum Gasteiger partial charge on any atom is 0.252 e. The van der Waals surface area contributed by atoms with Crippen molar-refractivity contribution in [2.24, 2.45) is 0 Å². The summed E-state index contributed by atoms with van der Waals surface area (Å²) < 4.78 is 0. The van der Waals surface area contributed by atoms with Crippen molar-refractivity contribution in [3.05, 3.63) is 147 Å². The summed E-state index contributed by atoms with van der Waals surface area (Å²) >= 11 is 0. The number of nitrogens with zero attached hydrogens (tertiary/aromatic N) is 2. The molecule has 66 heavy (non-hydrogen) atoms. The zero-order valence-corrected chi connectivity index (χ0v) is 43.3. The van der Waals surface area contributed by atoms with E-state index in [4.69, 9.17) is 0 Å². The van der Waals surface area contributed by atoms with Gasteiger partial charge in [-0.2, -0.15) is 0 Å². The fraction of sp³-hybridized carbons (Fsp3) is 0.429. The number of aryl methyl sites for hydroxylation is 1. The van der Waals surface area contributed by atoms with Crippen LogP contribution in [0, 0.1) is 6.92 Å². The van der Waals surface area contributed by atoms with Crippen LogP contribution in [0.25, 0.3) is 11.1 Å². The first-order chi connectivity index (χ1) is 30.6. The van der Waals surface area contributed by atoms with Crippen LogP contribution in [0.15, 0.2) is 97.1 Å². The van der Waals surface area contributed by atoms with Gasteiger partial charge in [0.05, 0.1) is 5.69 Å². The van der Waals surface area contributed by atoms with Gasteiger partial charge in [-0.3, -0.25) is 0 Å². The fourth-order valence-corrected chi connectivity index (χ4v) is 13.7. The van der Waals surface area contributed by atoms with E-state index in [1.165, 1.54) is 125 Å². The fourth-order valence-electron chi connectivity index (χ4n) is 13.7. The predicted octanol–water partition coefficient (Wildman–Crippen LogP) is 15.3. The van der Waals surface area contributed by atoms with E-state index < -0.39 is 0 Å². The van der Waals surface area contributed by atoms with Crippen LogP contribution in [-0.4, -0.2) is 6.71 Å². The van der Waals surface area contributed by atoms with E-state index in [0.717, 1.165) is 6.42 Å². The molecule has 2 aliphatic heterocycles. The SMILES string of the molecule is Cc1cc2c(cc1N1c3cc4c(cc3B3c5ccc(C(C)(C)C)cc5N(c5cccc6c5-c5ccccc5C6(C)C)c5cc(C(C)(C)C)cc1c53)C(C)(C)CCC4(C)C)C(C)(C)CC2(C)C. The minimum absolute atomic E-state index is 0.0317. The van der Waals surface area contributed by atoms with Crippen molar-refractivity contribution in [2.45, 2.75) is 175 Å². The summed E-state index contributed by atoms with van der Waals surface area (Å²) in [5, 5.41) is 0. The van der Waals surface area contributed by atoms with Crippen LogP contribution >= 0.6 is 0 Å². The second kappa shape index (κ2) is 13.4. The smallest absolute Gasteiger partial charge is 0.252 e. The third kappa shape index (κ3) is 5.99. The van der Waals surface area contributed by atoms with Crippen molar-refractivity contribution in [1.29, 1.82) is 0 Å². The molecule has 0 amide bonds. The highest BCUT2D eigenvalue weighted by atomic mass is 15.2. The summed E-state index contributed by atoms with van der Waals surface area (Å²) in [6.07, 6.45) is 3.51. The van der Waals surface area contributed by atoms with Crippen molar-refractivity contribution < 1.29 is 0 Å². The molecule has 0 bridgehead atoms. The number of hydrogen-bond donors (Lipinski definition) is 0. The van der Waals surface area contributed by atoms with Crippen LogP contribution in [0.1, 0.15) is 180 Å². The Morgan fingerprint density at radius 3 is 1.59 bits per heavy atom. The van der Waals surface area contributed by atoms with Gasteiger partial charge in [-0.1, -0.05) is 171 Å². The average molecular weight is 869 g/mol. The Morgan fingerprint density at radius 2 is 0.955 bits per heavy atom. The zero-order valence-electron chi connectivity index (χ0n) is 43.3. The van der Waals surface area contributed by atoms with Crippen LogP contribution in [0.3, 0.4) is 0 Å². The Labute approximate surface area is 398 Å². The first-order valence-electron chi connectivity index (χ1n) is 25.1. The molecule has 11 rings (SSSR count). The molecule has 0 fully saturated rings. The molecule has 0 atom stereocenters. The Balaban J connectivity index is 1.31. The Kier molecular flexibility index (Phi) is 8.82. The molecule has 0 aromatic heterocycles. The Morgan fingerprint density at radius 1 is 0.439 bits per heavy atom. The van der Waals surface area contributed by atoms with E-state index in [1.54, 1.807) is 0 Å². The molecule has 0 N–H and O–H groups in total. The van der Waals surface area contributed by atoms with Gasteiger partial charge in [0.1, 0.15) is 0 Å². The first kappa shape index (κ1) is 43.5. The number of rotatable bonds is 2. The van der Waals surface area contributed by atoms with E-state index in [9.17, 15) is 0 Å². The lowest BCUT2D eigenvalue weighted by atomic mass is 9.33. The number of hydrogen-bond acceptors (Lipinski definition) is 2. The van der Waals surface area contributed by atoms with Crippen molar-refractivity contribution in [1.82, 2.24) is 0 Å². The molecule has 2 nitrogen and oxygen atoms in total. The van der Waals surface area contributed by atoms with Crippen molar-refractivity contribution in [2.75, 3.05) is 9.80 Å². The molecule has 3 aliphatic carbocycles. The minimum atomic E-state index is -0.119. The van der Waals surface area contributed by atoms with Gasteiger partial charge in [0.15, 0.2) is 0 Å². The topological polar surface area (TPSA) is 6.48 Å². The van der Waals surface area contributed by atoms with Crippen LogP contribution in [0.4, 0.5) is 34.1 Å². The molecule has 0 spiro atoms. The molecule has 338 valence electrons. The summed E-state index contributed by atoms with van der Waals surface area (Å²) in [5.41, 5.74) is 27.8. The highest BCUT2D eigenvalue weighted by Crippen LogP contribution is 2.58. The van der Waals surface area contributed by atoms with Gasteiger partial charge in [-0.05, 0) is 167 Å². The zero-order chi connectivity index (χ0) is 47.2. The molecule has 2 heterocycles. The Hall–Kier alpha value is -5.02. The largest absolute Gasteiger partial charge is 0.311 e. The highest BCUT2D eigenvalue weighted by molar-refractivity contribution is 7.00. The molecule has 6 aromatic rings. The monoisotopic (exact) mass is 869 g/mol. The van der Waals surface area contributed by atoms with E-state index in [1.807, 2.05) is 0 Å². The molecule has 3 heteroatoms. The van der Waals surface area contributed by atoms with Crippen molar-refractivity contribution in [3.8, 4) is 11.1 Å². The van der Waals surface area contributed by atoms with Gasteiger partial charge in [-0.15, -0.1) is 0 Å². The van der Waals surface area contributed by atoms with Gasteiger partial charge < -0.3 is 9.80 Å². The number of benzene rings is 6. The number of anilines is 6. The highest BCUT2D eigenvalue weighted by Gasteiger charge is 2.49. The molecular formula is C63H73BN2. The molecule has 0 radical (unpaired) electrons. The second-order valence-electron chi connectivity index (χ2n) is 26.5. The van der Waals surface area contributed by atoms with Crippen molar-refractivity contribution >= 4 is 57.2 Å². The summed E-state index contributed by atoms with van der Waals surface area (Å²) in [5.74, 6) is 0. The first-order valence-corrected chi connectivity index (χ1v) is 25.1. The van der Waals surface area contributed by atoms with Gasteiger partial charge in [0.2, 0.25) is 0 Å². The average Bonchev–Trinajstić information content (AvgIpc) is 3.57. The molecule has 5 aliphatic rings. The maximum absolute atomic E-state index is 2.76. The lowest BCUT2D eigenvalue weighted by molar-refractivity contribution is 0.332. The normalized spacial score (nSPS) is 19.6. The summed E-state index contributed by atoms with van der Waals surface area (Å²) in [6.45, 7) is 41.4. The molecule has 0 saturated carbocycles. The van der Waals surface area contributed by atoms with E-state index in [2.05, 4.69) is 225 Å². The summed E-state index contributed by atoms with van der Waals surface area (Å²) in [7, 11) is 0. The molecule has 6 aromatic carbocycles. The standard InChI is InChI=1S/C63H73BN2/c1-37-29-43-46(62(14,15)36-61(43,12)13)34-50(37)66-52-35-45-44(59(8,9)27-28-60(45,10)11)33-48(52)64-47-26-25-38(57(2,3)4)30-51(47)65(53-31-39(58(5,6)7)32-54(66)56(53)64)49-24-20-23-42-55(49)40-21-18-19-22-41(40)63(42,16)17/h18-26,29-35H,27-28,36H2,1-17H3. The van der Waals surface area contributed by atoms with Gasteiger partial charge >= 0.3 is 0 Å². The molecule has 0 saturated heterocycles.